The Morgan fingerprint density at radius 2 is 1.86 bits per heavy atom. The van der Waals surface area contributed by atoms with Crippen molar-refractivity contribution in [2.45, 2.75) is 39.3 Å². The van der Waals surface area contributed by atoms with Crippen molar-refractivity contribution in [3.63, 3.8) is 0 Å². The molecule has 5 rings (SSSR count). The second-order valence-electron chi connectivity index (χ2n) is 8.46. The monoisotopic (exact) mass is 394 g/mol. The number of hydrogen-bond acceptors (Lipinski definition) is 5. The highest BCUT2D eigenvalue weighted by Crippen LogP contribution is 2.39. The van der Waals surface area contributed by atoms with Crippen molar-refractivity contribution in [3.8, 4) is 0 Å². The number of aryl methyl sites for hydroxylation is 1. The third kappa shape index (κ3) is 2.95. The van der Waals surface area contributed by atoms with Crippen LogP contribution in [0.3, 0.4) is 0 Å². The molecule has 1 fully saturated rings. The second-order valence-corrected chi connectivity index (χ2v) is 8.46. The van der Waals surface area contributed by atoms with Crippen LogP contribution < -0.4 is 9.80 Å². The van der Waals surface area contributed by atoms with Gasteiger partial charge in [-0.25, -0.2) is 14.4 Å². The Morgan fingerprint density at radius 1 is 1.10 bits per heavy atom. The van der Waals surface area contributed by atoms with Crippen molar-refractivity contribution in [2.75, 3.05) is 36.5 Å². The maximum absolute atomic E-state index is 14.9. The molecule has 5 heterocycles. The Kier molecular flexibility index (Phi) is 4.24. The quantitative estimate of drug-likeness (QED) is 0.666. The zero-order valence-electron chi connectivity index (χ0n) is 17.4. The molecule has 152 valence electrons. The van der Waals surface area contributed by atoms with Crippen LogP contribution in [0, 0.1) is 12.7 Å². The van der Waals surface area contributed by atoms with Crippen molar-refractivity contribution < 1.29 is 4.39 Å². The Hall–Kier alpha value is -2.67. The summed E-state index contributed by atoms with van der Waals surface area (Å²) >= 11 is 0. The zero-order chi connectivity index (χ0) is 20.3. The lowest BCUT2D eigenvalue weighted by Gasteiger charge is -2.44. The molecule has 29 heavy (non-hydrogen) atoms. The molecule has 0 bridgehead atoms. The van der Waals surface area contributed by atoms with E-state index in [1.165, 1.54) is 17.3 Å². The Morgan fingerprint density at radius 3 is 2.62 bits per heavy atom. The van der Waals surface area contributed by atoms with Gasteiger partial charge in [0.05, 0.1) is 11.4 Å². The highest BCUT2D eigenvalue weighted by molar-refractivity contribution is 5.74. The molecule has 2 aliphatic rings. The number of pyridine rings is 2. The van der Waals surface area contributed by atoms with Gasteiger partial charge >= 0.3 is 0 Å². The molecule has 2 atom stereocenters. The van der Waals surface area contributed by atoms with Gasteiger partial charge < -0.3 is 14.2 Å². The average Bonchev–Trinajstić information content (AvgIpc) is 3.27. The summed E-state index contributed by atoms with van der Waals surface area (Å²) in [6.45, 7) is 9.18. The highest BCUT2D eigenvalue weighted by atomic mass is 19.1. The van der Waals surface area contributed by atoms with Crippen LogP contribution in [0.4, 0.5) is 21.6 Å². The molecule has 6 nitrogen and oxygen atoms in total. The Bertz CT molecular complexity index is 1060. The molecule has 0 aliphatic carbocycles. The summed E-state index contributed by atoms with van der Waals surface area (Å²) in [5.41, 5.74) is 4.52. The molecule has 0 amide bonds. The van der Waals surface area contributed by atoms with Crippen molar-refractivity contribution in [2.24, 2.45) is 0 Å². The molecular weight excluding hydrogens is 367 g/mol. The van der Waals surface area contributed by atoms with E-state index in [9.17, 15) is 4.39 Å². The van der Waals surface area contributed by atoms with E-state index < -0.39 is 0 Å². The molecule has 3 aromatic heterocycles. The smallest absolute Gasteiger partial charge is 0.152 e. The van der Waals surface area contributed by atoms with E-state index in [2.05, 4.69) is 46.7 Å². The van der Waals surface area contributed by atoms with Gasteiger partial charge in [0.1, 0.15) is 11.5 Å². The van der Waals surface area contributed by atoms with E-state index in [4.69, 9.17) is 0 Å². The van der Waals surface area contributed by atoms with Crippen LogP contribution in [0.15, 0.2) is 30.7 Å². The van der Waals surface area contributed by atoms with Gasteiger partial charge in [-0.05, 0) is 40.3 Å². The molecule has 2 aliphatic heterocycles. The lowest BCUT2D eigenvalue weighted by molar-refractivity contribution is 0.170. The number of hydrogen-bond donors (Lipinski definition) is 0. The maximum Gasteiger partial charge on any atom is 0.152 e. The minimum Gasteiger partial charge on any atom is -0.368 e. The predicted octanol–water partition coefficient (Wildman–Crippen LogP) is 3.40. The van der Waals surface area contributed by atoms with E-state index >= 15 is 0 Å². The molecule has 0 radical (unpaired) electrons. The summed E-state index contributed by atoms with van der Waals surface area (Å²) in [5.74, 6) is 0.613. The van der Waals surface area contributed by atoms with Crippen molar-refractivity contribution in [1.29, 1.82) is 0 Å². The number of anilines is 3. The number of rotatable bonds is 2. The largest absolute Gasteiger partial charge is 0.368 e. The number of likely N-dealkylation sites (N-methyl/N-ethyl adjacent to an activating group) is 1. The first-order valence-electron chi connectivity index (χ1n) is 10.3. The number of nitrogens with zero attached hydrogens (tertiary/aromatic N) is 6. The number of aromatic nitrogens is 3. The van der Waals surface area contributed by atoms with Crippen LogP contribution in [-0.4, -0.2) is 58.0 Å². The normalized spacial score (nSPS) is 22.5. The van der Waals surface area contributed by atoms with Gasteiger partial charge in [-0.2, -0.15) is 0 Å². The summed E-state index contributed by atoms with van der Waals surface area (Å²) in [5, 5.41) is 0. The molecular formula is C22H27FN6. The summed E-state index contributed by atoms with van der Waals surface area (Å²) in [7, 11) is 2.20. The topological polar surface area (TPSA) is 39.9 Å². The summed E-state index contributed by atoms with van der Waals surface area (Å²) < 4.78 is 16.8. The number of halogens is 1. The fraction of sp³-hybridized carbons (Fsp3) is 0.455. The number of imidazole rings is 1. The second kappa shape index (κ2) is 6.69. The molecule has 1 saturated heterocycles. The van der Waals surface area contributed by atoms with Crippen LogP contribution in [-0.2, 0) is 6.42 Å². The van der Waals surface area contributed by atoms with E-state index in [-0.39, 0.29) is 5.82 Å². The minimum absolute atomic E-state index is 0.259. The molecule has 0 aromatic carbocycles. The lowest BCUT2D eigenvalue weighted by Crippen LogP contribution is -2.55. The van der Waals surface area contributed by atoms with E-state index in [1.807, 2.05) is 34.8 Å². The molecule has 7 heteroatoms. The molecule has 0 N–H and O–H groups in total. The predicted molar refractivity (Wildman–Crippen MR) is 114 cm³/mol. The van der Waals surface area contributed by atoms with Gasteiger partial charge in [0, 0.05) is 67.6 Å². The van der Waals surface area contributed by atoms with E-state index in [0.717, 1.165) is 37.6 Å². The lowest BCUT2D eigenvalue weighted by atomic mass is 10.1. The first-order valence-corrected chi connectivity index (χ1v) is 10.3. The Balaban J connectivity index is 1.53. The van der Waals surface area contributed by atoms with Crippen molar-refractivity contribution >= 4 is 22.8 Å². The summed E-state index contributed by atoms with van der Waals surface area (Å²) in [6.07, 6.45) is 6.48. The SMILES string of the molecule is Cc1cn2cc(N3CCc4c(N5C[C@@H](C)N(C)[C@@H](C)C5)ccnc43)c(F)cc2n1. The van der Waals surface area contributed by atoms with Gasteiger partial charge in [0.25, 0.3) is 0 Å². The third-order valence-electron chi connectivity index (χ3n) is 6.48. The van der Waals surface area contributed by atoms with Crippen LogP contribution in [0.25, 0.3) is 5.65 Å². The van der Waals surface area contributed by atoms with Crippen LogP contribution in [0.1, 0.15) is 25.1 Å². The third-order valence-corrected chi connectivity index (χ3v) is 6.48. The molecule has 0 spiro atoms. The standard InChI is InChI=1S/C22H27FN6/c1-14-10-28-13-20(18(23)9-21(28)25-14)29-8-6-17-19(5-7-24-22(17)29)27-11-15(2)26(4)16(3)12-27/h5,7,9-10,13,15-16H,6,8,11-12H2,1-4H3/t15-,16+. The number of piperazine rings is 1. The summed E-state index contributed by atoms with van der Waals surface area (Å²) in [4.78, 5) is 15.9. The van der Waals surface area contributed by atoms with Crippen molar-refractivity contribution in [1.82, 2.24) is 19.3 Å². The van der Waals surface area contributed by atoms with Gasteiger partial charge in [0.2, 0.25) is 0 Å². The van der Waals surface area contributed by atoms with Gasteiger partial charge in [0.15, 0.2) is 5.82 Å². The van der Waals surface area contributed by atoms with E-state index in [1.54, 1.807) is 0 Å². The number of fused-ring (bicyclic) bond motifs is 2. The van der Waals surface area contributed by atoms with Crippen LogP contribution in [0.2, 0.25) is 0 Å². The summed E-state index contributed by atoms with van der Waals surface area (Å²) in [6, 6.07) is 4.61. The molecule has 0 unspecified atom stereocenters. The minimum atomic E-state index is -0.259. The highest BCUT2D eigenvalue weighted by Gasteiger charge is 2.32. The van der Waals surface area contributed by atoms with Crippen molar-refractivity contribution in [3.05, 3.63) is 47.8 Å². The zero-order valence-corrected chi connectivity index (χ0v) is 17.4. The average molecular weight is 394 g/mol. The van der Waals surface area contributed by atoms with Gasteiger partial charge in [-0.15, -0.1) is 0 Å². The first kappa shape index (κ1) is 18.4. The molecule has 0 saturated carbocycles. The fourth-order valence-corrected chi connectivity index (χ4v) is 4.73. The Labute approximate surface area is 170 Å². The van der Waals surface area contributed by atoms with E-state index in [0.29, 0.717) is 23.4 Å². The first-order chi connectivity index (χ1) is 13.9. The maximum atomic E-state index is 14.9. The van der Waals surface area contributed by atoms with Crippen LogP contribution in [0.5, 0.6) is 0 Å². The molecule has 3 aromatic rings. The fourth-order valence-electron chi connectivity index (χ4n) is 4.73. The van der Waals surface area contributed by atoms with Gasteiger partial charge in [-0.3, -0.25) is 4.90 Å². The van der Waals surface area contributed by atoms with Gasteiger partial charge in [-0.1, -0.05) is 0 Å². The van der Waals surface area contributed by atoms with Crippen LogP contribution >= 0.6 is 0 Å².